The molecule has 3 aromatic carbocycles. The van der Waals surface area contributed by atoms with Crippen LogP contribution in [0.3, 0.4) is 0 Å². The van der Waals surface area contributed by atoms with Gasteiger partial charge < -0.3 is 10.1 Å². The van der Waals surface area contributed by atoms with Crippen molar-refractivity contribution in [1.29, 1.82) is 0 Å². The van der Waals surface area contributed by atoms with Crippen LogP contribution >= 0.6 is 11.3 Å². The van der Waals surface area contributed by atoms with Crippen molar-refractivity contribution < 1.29 is 13.9 Å². The maximum absolute atomic E-state index is 13.2. The fraction of sp³-hybridized carbons (Fsp3) is 0.0833. The first kappa shape index (κ1) is 19.3. The number of methoxy groups -OCH3 is 1. The van der Waals surface area contributed by atoms with E-state index in [2.05, 4.69) is 10.3 Å². The van der Waals surface area contributed by atoms with Gasteiger partial charge in [-0.05, 0) is 60.2 Å². The van der Waals surface area contributed by atoms with Gasteiger partial charge in [0.05, 0.1) is 23.0 Å². The highest BCUT2D eigenvalue weighted by molar-refractivity contribution is 7.23. The summed E-state index contributed by atoms with van der Waals surface area (Å²) in [6.45, 7) is 0.420. The third kappa shape index (κ3) is 3.75. The summed E-state index contributed by atoms with van der Waals surface area (Å²) < 4.78 is 21.4. The molecule has 154 valence electrons. The molecule has 0 saturated carbocycles. The third-order valence-corrected chi connectivity index (χ3v) is 6.10. The molecule has 2 aromatic heterocycles. The minimum atomic E-state index is -0.271. The second-order valence-electron chi connectivity index (χ2n) is 7.10. The first-order valence-corrected chi connectivity index (χ1v) is 10.5. The van der Waals surface area contributed by atoms with Gasteiger partial charge in [-0.3, -0.25) is 9.20 Å². The molecule has 7 heteroatoms. The predicted molar refractivity (Wildman–Crippen MR) is 120 cm³/mol. The summed E-state index contributed by atoms with van der Waals surface area (Å²) in [6.07, 6.45) is 1.93. The number of hydrogen-bond donors (Lipinski definition) is 1. The highest BCUT2D eigenvalue weighted by Gasteiger charge is 2.13. The highest BCUT2D eigenvalue weighted by atomic mass is 32.1. The fourth-order valence-corrected chi connectivity index (χ4v) is 4.52. The summed E-state index contributed by atoms with van der Waals surface area (Å²) in [5.41, 5.74) is 4.19. The molecule has 0 atom stereocenters. The zero-order valence-electron chi connectivity index (χ0n) is 16.6. The summed E-state index contributed by atoms with van der Waals surface area (Å²) in [5.74, 6) is 0.352. The van der Waals surface area contributed by atoms with Gasteiger partial charge in [0, 0.05) is 23.9 Å². The number of imidazole rings is 1. The van der Waals surface area contributed by atoms with Crippen LogP contribution in [-0.4, -0.2) is 22.4 Å². The van der Waals surface area contributed by atoms with E-state index in [1.54, 1.807) is 19.2 Å². The van der Waals surface area contributed by atoms with Crippen molar-refractivity contribution >= 4 is 32.4 Å². The van der Waals surface area contributed by atoms with Gasteiger partial charge >= 0.3 is 0 Å². The Labute approximate surface area is 181 Å². The number of benzene rings is 3. The lowest BCUT2D eigenvalue weighted by Gasteiger charge is -2.07. The number of nitrogens with zero attached hydrogens (tertiary/aromatic N) is 2. The minimum absolute atomic E-state index is 0.136. The fourth-order valence-electron chi connectivity index (χ4n) is 3.47. The van der Waals surface area contributed by atoms with Gasteiger partial charge in [-0.1, -0.05) is 23.5 Å². The summed E-state index contributed by atoms with van der Waals surface area (Å²) in [6, 6.07) is 19.5. The van der Waals surface area contributed by atoms with E-state index in [-0.39, 0.29) is 11.7 Å². The highest BCUT2D eigenvalue weighted by Crippen LogP contribution is 2.30. The number of carbonyl (C=O) groups is 1. The second-order valence-corrected chi connectivity index (χ2v) is 8.11. The Morgan fingerprint density at radius 3 is 2.77 bits per heavy atom. The first-order chi connectivity index (χ1) is 15.1. The molecule has 0 aliphatic rings. The molecule has 31 heavy (non-hydrogen) atoms. The predicted octanol–water partition coefficient (Wildman–Crippen LogP) is 5.29. The summed E-state index contributed by atoms with van der Waals surface area (Å²) >= 11 is 1.51. The van der Waals surface area contributed by atoms with E-state index in [0.29, 0.717) is 12.1 Å². The Bertz CT molecular complexity index is 1410. The van der Waals surface area contributed by atoms with Crippen LogP contribution < -0.4 is 10.1 Å². The number of ether oxygens (including phenoxy) is 1. The first-order valence-electron chi connectivity index (χ1n) is 9.69. The summed E-state index contributed by atoms with van der Waals surface area (Å²) in [7, 11) is 1.62. The van der Waals surface area contributed by atoms with Crippen molar-refractivity contribution in [3.8, 4) is 17.0 Å². The van der Waals surface area contributed by atoms with E-state index in [1.807, 2.05) is 53.1 Å². The number of aromatic nitrogens is 2. The Morgan fingerprint density at radius 1 is 1.13 bits per heavy atom. The quantitative estimate of drug-likeness (QED) is 0.411. The average Bonchev–Trinajstić information content (AvgIpc) is 3.35. The SMILES string of the molecule is COc1cccc(CNC(=O)c2ccc3c(c2)sc2nc(-c4ccc(F)cc4)cn23)c1. The Morgan fingerprint density at radius 2 is 1.97 bits per heavy atom. The van der Waals surface area contributed by atoms with Crippen molar-refractivity contribution in [2.24, 2.45) is 0 Å². The van der Waals surface area contributed by atoms with Crippen molar-refractivity contribution in [3.63, 3.8) is 0 Å². The number of rotatable bonds is 5. The molecule has 5 aromatic rings. The number of halogens is 1. The van der Waals surface area contributed by atoms with Gasteiger partial charge in [0.1, 0.15) is 11.6 Å². The number of carbonyl (C=O) groups excluding carboxylic acids is 1. The van der Waals surface area contributed by atoms with Gasteiger partial charge in [0.15, 0.2) is 4.96 Å². The van der Waals surface area contributed by atoms with Gasteiger partial charge in [-0.15, -0.1) is 0 Å². The largest absolute Gasteiger partial charge is 0.497 e. The van der Waals surface area contributed by atoms with E-state index in [1.165, 1.54) is 23.5 Å². The van der Waals surface area contributed by atoms with Gasteiger partial charge in [-0.2, -0.15) is 0 Å². The van der Waals surface area contributed by atoms with Crippen LogP contribution in [0.4, 0.5) is 4.39 Å². The third-order valence-electron chi connectivity index (χ3n) is 5.08. The molecule has 1 N–H and O–H groups in total. The van der Waals surface area contributed by atoms with Crippen LogP contribution in [0, 0.1) is 5.82 Å². The molecule has 5 nitrogen and oxygen atoms in total. The van der Waals surface area contributed by atoms with Gasteiger partial charge in [-0.25, -0.2) is 9.37 Å². The van der Waals surface area contributed by atoms with E-state index >= 15 is 0 Å². The molecule has 2 heterocycles. The van der Waals surface area contributed by atoms with E-state index in [4.69, 9.17) is 4.74 Å². The van der Waals surface area contributed by atoms with Crippen LogP contribution in [0.1, 0.15) is 15.9 Å². The lowest BCUT2D eigenvalue weighted by molar-refractivity contribution is 0.0951. The van der Waals surface area contributed by atoms with E-state index < -0.39 is 0 Å². The van der Waals surface area contributed by atoms with E-state index in [0.717, 1.165) is 37.7 Å². The molecular weight excluding hydrogens is 413 g/mol. The molecule has 0 aliphatic carbocycles. The monoisotopic (exact) mass is 431 g/mol. The number of nitrogens with one attached hydrogen (secondary N) is 1. The molecule has 0 aliphatic heterocycles. The standard InChI is InChI=1S/C24H18FN3O2S/c1-30-19-4-2-3-15(11-19)13-26-23(29)17-7-10-21-22(12-17)31-24-27-20(14-28(21)24)16-5-8-18(25)9-6-16/h2-12,14H,13H2,1H3,(H,26,29). The zero-order valence-corrected chi connectivity index (χ0v) is 17.4. The van der Waals surface area contributed by atoms with Crippen molar-refractivity contribution in [2.75, 3.05) is 7.11 Å². The maximum Gasteiger partial charge on any atom is 0.251 e. The van der Waals surface area contributed by atoms with Crippen LogP contribution in [0.2, 0.25) is 0 Å². The Balaban J connectivity index is 1.38. The maximum atomic E-state index is 13.2. The van der Waals surface area contributed by atoms with Crippen molar-refractivity contribution in [3.05, 3.63) is 89.9 Å². The smallest absolute Gasteiger partial charge is 0.251 e. The lowest BCUT2D eigenvalue weighted by Crippen LogP contribution is -2.22. The topological polar surface area (TPSA) is 55.6 Å². The molecule has 0 unspecified atom stereocenters. The number of amides is 1. The van der Waals surface area contributed by atoms with Crippen LogP contribution in [-0.2, 0) is 6.54 Å². The summed E-state index contributed by atoms with van der Waals surface area (Å²) in [4.78, 5) is 18.1. The Kier molecular flexibility index (Phi) is 4.88. The van der Waals surface area contributed by atoms with Crippen LogP contribution in [0.25, 0.3) is 26.4 Å². The van der Waals surface area contributed by atoms with Crippen molar-refractivity contribution in [2.45, 2.75) is 6.54 Å². The molecule has 5 rings (SSSR count). The molecule has 1 amide bonds. The van der Waals surface area contributed by atoms with E-state index in [9.17, 15) is 9.18 Å². The number of fused-ring (bicyclic) bond motifs is 3. The minimum Gasteiger partial charge on any atom is -0.497 e. The Hall–Kier alpha value is -3.71. The number of thiazole rings is 1. The van der Waals surface area contributed by atoms with Gasteiger partial charge in [0.25, 0.3) is 5.91 Å². The van der Waals surface area contributed by atoms with Crippen molar-refractivity contribution in [1.82, 2.24) is 14.7 Å². The molecule has 0 spiro atoms. The molecule has 0 bridgehead atoms. The normalized spacial score (nSPS) is 11.2. The molecule has 0 saturated heterocycles. The average molecular weight is 431 g/mol. The van der Waals surface area contributed by atoms with Crippen LogP contribution in [0.15, 0.2) is 72.9 Å². The summed E-state index contributed by atoms with van der Waals surface area (Å²) in [5, 5.41) is 2.95. The zero-order chi connectivity index (χ0) is 21.4. The lowest BCUT2D eigenvalue weighted by atomic mass is 10.1. The number of hydrogen-bond acceptors (Lipinski definition) is 4. The van der Waals surface area contributed by atoms with Crippen LogP contribution in [0.5, 0.6) is 5.75 Å². The molecule has 0 fully saturated rings. The van der Waals surface area contributed by atoms with Gasteiger partial charge in [0.2, 0.25) is 0 Å². The molecular formula is C24H18FN3O2S. The molecule has 0 radical (unpaired) electrons. The second kappa shape index (κ2) is 7.85.